The molecule has 24 heavy (non-hydrogen) atoms. The first-order chi connectivity index (χ1) is 11.5. The predicted octanol–water partition coefficient (Wildman–Crippen LogP) is 3.32. The van der Waals surface area contributed by atoms with E-state index < -0.39 is 23.4 Å². The number of nitrogens with one attached hydrogen (secondary N) is 2. The Morgan fingerprint density at radius 1 is 1.17 bits per heavy atom. The summed E-state index contributed by atoms with van der Waals surface area (Å²) < 4.78 is 41.1. The Balaban J connectivity index is 1.66. The minimum atomic E-state index is -0.559. The van der Waals surface area contributed by atoms with E-state index in [0.29, 0.717) is 25.1 Å². The molecular formula is C18H17F3N2O. The van der Waals surface area contributed by atoms with Crippen LogP contribution < -0.4 is 10.6 Å². The van der Waals surface area contributed by atoms with Gasteiger partial charge in [0, 0.05) is 13.0 Å². The summed E-state index contributed by atoms with van der Waals surface area (Å²) in [6.07, 6.45) is 0.559. The Labute approximate surface area is 137 Å². The van der Waals surface area contributed by atoms with E-state index in [-0.39, 0.29) is 24.1 Å². The number of amides is 1. The molecule has 126 valence electrons. The van der Waals surface area contributed by atoms with Crippen molar-refractivity contribution in [3.63, 3.8) is 0 Å². The van der Waals surface area contributed by atoms with Crippen LogP contribution in [-0.4, -0.2) is 12.5 Å². The van der Waals surface area contributed by atoms with Crippen LogP contribution in [0, 0.1) is 17.5 Å². The van der Waals surface area contributed by atoms with Crippen molar-refractivity contribution in [1.82, 2.24) is 5.32 Å². The van der Waals surface area contributed by atoms with E-state index in [1.54, 1.807) is 6.07 Å². The van der Waals surface area contributed by atoms with Gasteiger partial charge in [0.05, 0.1) is 5.69 Å². The number of carbonyl (C=O) groups excluding carboxylic acids is 1. The number of rotatable bonds is 4. The van der Waals surface area contributed by atoms with Crippen LogP contribution in [0.3, 0.4) is 0 Å². The Morgan fingerprint density at radius 3 is 2.83 bits per heavy atom. The highest BCUT2D eigenvalue weighted by Crippen LogP contribution is 2.24. The van der Waals surface area contributed by atoms with Gasteiger partial charge in [-0.05, 0) is 60.3 Å². The summed E-state index contributed by atoms with van der Waals surface area (Å²) in [7, 11) is 0. The van der Waals surface area contributed by atoms with Gasteiger partial charge in [0.1, 0.15) is 17.5 Å². The van der Waals surface area contributed by atoms with Crippen LogP contribution in [0.2, 0.25) is 0 Å². The molecule has 0 saturated carbocycles. The van der Waals surface area contributed by atoms with Crippen molar-refractivity contribution in [2.75, 3.05) is 11.9 Å². The van der Waals surface area contributed by atoms with Crippen molar-refractivity contribution in [1.29, 1.82) is 0 Å². The predicted molar refractivity (Wildman–Crippen MR) is 85.1 cm³/mol. The van der Waals surface area contributed by atoms with Gasteiger partial charge in [-0.25, -0.2) is 13.2 Å². The lowest BCUT2D eigenvalue weighted by Crippen LogP contribution is -2.25. The third kappa shape index (κ3) is 3.59. The van der Waals surface area contributed by atoms with Gasteiger partial charge in [0.25, 0.3) is 0 Å². The lowest BCUT2D eigenvalue weighted by Gasteiger charge is -2.19. The Morgan fingerprint density at radius 2 is 2.00 bits per heavy atom. The highest BCUT2D eigenvalue weighted by Gasteiger charge is 2.17. The summed E-state index contributed by atoms with van der Waals surface area (Å²) in [5, 5.41) is 5.67. The standard InChI is InChI=1S/C18H17F3N2O/c19-13-3-4-15(20)11(9-13)2-6-17(24)23-16-5-1-12-10-22-8-7-14(12)18(16)21/h1,3-5,9,22H,2,6-8,10H2,(H,23,24). The first-order valence-electron chi connectivity index (χ1n) is 7.79. The lowest BCUT2D eigenvalue weighted by atomic mass is 9.99. The van der Waals surface area contributed by atoms with E-state index in [1.165, 1.54) is 6.07 Å². The molecule has 0 spiro atoms. The monoisotopic (exact) mass is 334 g/mol. The van der Waals surface area contributed by atoms with E-state index in [2.05, 4.69) is 10.6 Å². The van der Waals surface area contributed by atoms with Crippen molar-refractivity contribution < 1.29 is 18.0 Å². The molecule has 1 heterocycles. The van der Waals surface area contributed by atoms with Crippen LogP contribution in [-0.2, 0) is 24.2 Å². The molecule has 1 aliphatic rings. The van der Waals surface area contributed by atoms with E-state index in [9.17, 15) is 18.0 Å². The highest BCUT2D eigenvalue weighted by atomic mass is 19.1. The molecule has 2 N–H and O–H groups in total. The van der Waals surface area contributed by atoms with Crippen LogP contribution in [0.4, 0.5) is 18.9 Å². The van der Waals surface area contributed by atoms with Crippen molar-refractivity contribution in [3.05, 3.63) is 64.5 Å². The maximum atomic E-state index is 14.4. The van der Waals surface area contributed by atoms with Crippen molar-refractivity contribution in [2.45, 2.75) is 25.8 Å². The van der Waals surface area contributed by atoms with Gasteiger partial charge in [-0.15, -0.1) is 0 Å². The molecule has 2 aromatic rings. The number of anilines is 1. The molecule has 0 bridgehead atoms. The number of carbonyl (C=O) groups is 1. The molecule has 1 aliphatic heterocycles. The summed E-state index contributed by atoms with van der Waals surface area (Å²) in [4.78, 5) is 12.0. The smallest absolute Gasteiger partial charge is 0.224 e. The summed E-state index contributed by atoms with van der Waals surface area (Å²) in [5.41, 5.74) is 1.75. The quantitative estimate of drug-likeness (QED) is 0.901. The van der Waals surface area contributed by atoms with Crippen LogP contribution >= 0.6 is 0 Å². The topological polar surface area (TPSA) is 41.1 Å². The zero-order valence-corrected chi connectivity index (χ0v) is 13.0. The van der Waals surface area contributed by atoms with Gasteiger partial charge in [-0.3, -0.25) is 4.79 Å². The fourth-order valence-corrected chi connectivity index (χ4v) is 2.83. The number of hydrogen-bond acceptors (Lipinski definition) is 2. The highest BCUT2D eigenvalue weighted by molar-refractivity contribution is 5.91. The molecule has 3 nitrogen and oxygen atoms in total. The molecule has 0 aliphatic carbocycles. The second-order valence-corrected chi connectivity index (χ2v) is 5.78. The third-order valence-corrected chi connectivity index (χ3v) is 4.11. The molecule has 6 heteroatoms. The molecule has 0 saturated heterocycles. The van der Waals surface area contributed by atoms with E-state index in [4.69, 9.17) is 0 Å². The first-order valence-corrected chi connectivity index (χ1v) is 7.79. The van der Waals surface area contributed by atoms with E-state index in [0.717, 1.165) is 23.8 Å². The number of halogens is 3. The number of hydrogen-bond donors (Lipinski definition) is 2. The minimum Gasteiger partial charge on any atom is -0.324 e. The van der Waals surface area contributed by atoms with Crippen molar-refractivity contribution in [3.8, 4) is 0 Å². The number of fused-ring (bicyclic) bond motifs is 1. The first kappa shape index (κ1) is 16.5. The molecule has 0 fully saturated rings. The number of benzene rings is 2. The average molecular weight is 334 g/mol. The zero-order chi connectivity index (χ0) is 17.1. The molecule has 3 rings (SSSR count). The third-order valence-electron chi connectivity index (χ3n) is 4.11. The van der Waals surface area contributed by atoms with Gasteiger partial charge in [-0.2, -0.15) is 0 Å². The molecule has 0 aromatic heterocycles. The van der Waals surface area contributed by atoms with Gasteiger partial charge >= 0.3 is 0 Å². The van der Waals surface area contributed by atoms with Crippen LogP contribution in [0.15, 0.2) is 30.3 Å². The Hall–Kier alpha value is -2.34. The second kappa shape index (κ2) is 7.05. The van der Waals surface area contributed by atoms with Crippen LogP contribution in [0.1, 0.15) is 23.1 Å². The SMILES string of the molecule is O=C(CCc1cc(F)ccc1F)Nc1ccc2c(c1F)CCNC2. The number of aryl methyl sites for hydroxylation is 1. The van der Waals surface area contributed by atoms with Crippen LogP contribution in [0.25, 0.3) is 0 Å². The van der Waals surface area contributed by atoms with Gasteiger partial charge in [0.15, 0.2) is 0 Å². The van der Waals surface area contributed by atoms with E-state index in [1.807, 2.05) is 0 Å². The molecule has 0 radical (unpaired) electrons. The van der Waals surface area contributed by atoms with Crippen molar-refractivity contribution >= 4 is 11.6 Å². The Kier molecular flexibility index (Phi) is 4.85. The Bertz CT molecular complexity index is 777. The molecule has 0 atom stereocenters. The molecular weight excluding hydrogens is 317 g/mol. The summed E-state index contributed by atoms with van der Waals surface area (Å²) in [6, 6.07) is 6.43. The maximum Gasteiger partial charge on any atom is 0.224 e. The second-order valence-electron chi connectivity index (χ2n) is 5.78. The summed E-state index contributed by atoms with van der Waals surface area (Å²) in [5.74, 6) is -1.97. The van der Waals surface area contributed by atoms with Gasteiger partial charge < -0.3 is 10.6 Å². The fourth-order valence-electron chi connectivity index (χ4n) is 2.83. The lowest BCUT2D eigenvalue weighted by molar-refractivity contribution is -0.116. The van der Waals surface area contributed by atoms with Crippen LogP contribution in [0.5, 0.6) is 0 Å². The van der Waals surface area contributed by atoms with Gasteiger partial charge in [0.2, 0.25) is 5.91 Å². The fraction of sp³-hybridized carbons (Fsp3) is 0.278. The zero-order valence-electron chi connectivity index (χ0n) is 13.0. The van der Waals surface area contributed by atoms with E-state index >= 15 is 0 Å². The normalized spacial score (nSPS) is 13.5. The molecule has 0 unspecified atom stereocenters. The minimum absolute atomic E-state index is 0.0475. The summed E-state index contributed by atoms with van der Waals surface area (Å²) >= 11 is 0. The van der Waals surface area contributed by atoms with Gasteiger partial charge in [-0.1, -0.05) is 6.07 Å². The average Bonchev–Trinajstić information content (AvgIpc) is 2.58. The summed E-state index contributed by atoms with van der Waals surface area (Å²) in [6.45, 7) is 1.31. The van der Waals surface area contributed by atoms with Crippen molar-refractivity contribution in [2.24, 2.45) is 0 Å². The molecule has 1 amide bonds. The largest absolute Gasteiger partial charge is 0.324 e. The molecule has 2 aromatic carbocycles. The maximum absolute atomic E-state index is 14.4.